The highest BCUT2D eigenvalue weighted by Gasteiger charge is 2.06. The Bertz CT molecular complexity index is 620. The van der Waals surface area contributed by atoms with E-state index in [2.05, 4.69) is 4.74 Å². The van der Waals surface area contributed by atoms with Crippen molar-refractivity contribution in [3.05, 3.63) is 59.2 Å². The number of ether oxygens (including phenoxy) is 2. The molecule has 0 atom stereocenters. The fraction of sp³-hybridized carbons (Fsp3) is 0.188. The van der Waals surface area contributed by atoms with Crippen LogP contribution in [0.1, 0.15) is 21.5 Å². The standard InChI is InChI=1S/C16H16O4/c1-11-8-14(17)6-7-15(11)20-10-12-4-3-5-13(9-12)16(18)19-2/h3-9,17H,10H2,1-2H3. The van der Waals surface area contributed by atoms with Crippen LogP contribution in [0, 0.1) is 6.92 Å². The van der Waals surface area contributed by atoms with Crippen LogP contribution in [0.15, 0.2) is 42.5 Å². The molecule has 0 bridgehead atoms. The highest BCUT2D eigenvalue weighted by atomic mass is 16.5. The largest absolute Gasteiger partial charge is 0.508 e. The van der Waals surface area contributed by atoms with E-state index in [0.29, 0.717) is 17.9 Å². The third kappa shape index (κ3) is 3.29. The topological polar surface area (TPSA) is 55.8 Å². The van der Waals surface area contributed by atoms with Crippen molar-refractivity contribution in [2.24, 2.45) is 0 Å². The van der Waals surface area contributed by atoms with Crippen molar-refractivity contribution in [3.8, 4) is 11.5 Å². The van der Waals surface area contributed by atoms with Gasteiger partial charge >= 0.3 is 5.97 Å². The average molecular weight is 272 g/mol. The molecule has 0 heterocycles. The van der Waals surface area contributed by atoms with Crippen LogP contribution in [-0.2, 0) is 11.3 Å². The van der Waals surface area contributed by atoms with E-state index >= 15 is 0 Å². The van der Waals surface area contributed by atoms with Gasteiger partial charge in [-0.25, -0.2) is 4.79 Å². The number of aromatic hydroxyl groups is 1. The maximum absolute atomic E-state index is 11.4. The lowest BCUT2D eigenvalue weighted by Gasteiger charge is -2.10. The molecule has 0 saturated carbocycles. The number of phenols is 1. The lowest BCUT2D eigenvalue weighted by molar-refractivity contribution is 0.0600. The zero-order valence-corrected chi connectivity index (χ0v) is 11.4. The number of methoxy groups -OCH3 is 1. The first-order chi connectivity index (χ1) is 9.60. The molecule has 0 aliphatic heterocycles. The first kappa shape index (κ1) is 13.9. The SMILES string of the molecule is COC(=O)c1cccc(COc2ccc(O)cc2C)c1. The van der Waals surface area contributed by atoms with Gasteiger partial charge in [0.1, 0.15) is 18.1 Å². The van der Waals surface area contributed by atoms with Crippen molar-refractivity contribution < 1.29 is 19.4 Å². The average Bonchev–Trinajstić information content (AvgIpc) is 2.46. The maximum atomic E-state index is 11.4. The van der Waals surface area contributed by atoms with Crippen LogP contribution in [0.4, 0.5) is 0 Å². The van der Waals surface area contributed by atoms with Gasteiger partial charge in [0.15, 0.2) is 0 Å². The summed E-state index contributed by atoms with van der Waals surface area (Å²) in [5.74, 6) is 0.543. The van der Waals surface area contributed by atoms with Gasteiger partial charge in [0.2, 0.25) is 0 Å². The molecule has 0 amide bonds. The molecule has 0 fully saturated rings. The summed E-state index contributed by atoms with van der Waals surface area (Å²) in [6.07, 6.45) is 0. The molecule has 0 saturated heterocycles. The minimum absolute atomic E-state index is 0.211. The molecule has 2 rings (SSSR count). The highest BCUT2D eigenvalue weighted by Crippen LogP contribution is 2.23. The Hall–Kier alpha value is -2.49. The number of rotatable bonds is 4. The van der Waals surface area contributed by atoms with Crippen molar-refractivity contribution in [1.29, 1.82) is 0 Å². The van der Waals surface area contributed by atoms with E-state index in [1.807, 2.05) is 13.0 Å². The van der Waals surface area contributed by atoms with Crippen LogP contribution in [0.2, 0.25) is 0 Å². The van der Waals surface area contributed by atoms with E-state index in [1.165, 1.54) is 7.11 Å². The molecule has 4 heteroatoms. The van der Waals surface area contributed by atoms with Crippen molar-refractivity contribution in [1.82, 2.24) is 0 Å². The van der Waals surface area contributed by atoms with Crippen LogP contribution in [0.25, 0.3) is 0 Å². The van der Waals surface area contributed by atoms with Gasteiger partial charge < -0.3 is 14.6 Å². The zero-order chi connectivity index (χ0) is 14.5. The minimum atomic E-state index is -0.368. The Morgan fingerprint density at radius 1 is 1.20 bits per heavy atom. The molecule has 0 aliphatic carbocycles. The smallest absolute Gasteiger partial charge is 0.337 e. The van der Waals surface area contributed by atoms with Gasteiger partial charge in [-0.3, -0.25) is 0 Å². The van der Waals surface area contributed by atoms with E-state index in [-0.39, 0.29) is 11.7 Å². The molecule has 1 N–H and O–H groups in total. The molecule has 0 aliphatic rings. The summed E-state index contributed by atoms with van der Waals surface area (Å²) in [4.78, 5) is 11.4. The molecule has 2 aromatic rings. The normalized spacial score (nSPS) is 10.1. The van der Waals surface area contributed by atoms with Crippen LogP contribution in [0.3, 0.4) is 0 Å². The third-order valence-electron chi connectivity index (χ3n) is 2.90. The summed E-state index contributed by atoms with van der Waals surface area (Å²) in [6.45, 7) is 2.20. The number of benzene rings is 2. The van der Waals surface area contributed by atoms with Crippen molar-refractivity contribution >= 4 is 5.97 Å². The number of aryl methyl sites for hydroxylation is 1. The van der Waals surface area contributed by atoms with Gasteiger partial charge in [-0.2, -0.15) is 0 Å². The molecule has 20 heavy (non-hydrogen) atoms. The van der Waals surface area contributed by atoms with Crippen LogP contribution in [-0.4, -0.2) is 18.2 Å². The second kappa shape index (κ2) is 6.10. The Kier molecular flexibility index (Phi) is 4.25. The van der Waals surface area contributed by atoms with Crippen LogP contribution >= 0.6 is 0 Å². The zero-order valence-electron chi connectivity index (χ0n) is 11.4. The molecular weight excluding hydrogens is 256 g/mol. The first-order valence-electron chi connectivity index (χ1n) is 6.20. The summed E-state index contributed by atoms with van der Waals surface area (Å²) in [5.41, 5.74) is 2.23. The molecule has 4 nitrogen and oxygen atoms in total. The number of esters is 1. The fourth-order valence-electron chi connectivity index (χ4n) is 1.86. The van der Waals surface area contributed by atoms with E-state index < -0.39 is 0 Å². The summed E-state index contributed by atoms with van der Waals surface area (Å²) >= 11 is 0. The number of carbonyl (C=O) groups excluding carboxylic acids is 1. The molecule has 0 unspecified atom stereocenters. The maximum Gasteiger partial charge on any atom is 0.337 e. The molecule has 0 radical (unpaired) electrons. The Morgan fingerprint density at radius 3 is 2.70 bits per heavy atom. The molecule has 0 aromatic heterocycles. The van der Waals surface area contributed by atoms with E-state index in [1.54, 1.807) is 36.4 Å². The predicted molar refractivity (Wildman–Crippen MR) is 75.0 cm³/mol. The summed E-state index contributed by atoms with van der Waals surface area (Å²) in [7, 11) is 1.35. The predicted octanol–water partition coefficient (Wildman–Crippen LogP) is 3.07. The monoisotopic (exact) mass is 272 g/mol. The van der Waals surface area contributed by atoms with Gasteiger partial charge in [0.05, 0.1) is 12.7 Å². The van der Waals surface area contributed by atoms with Crippen molar-refractivity contribution in [2.75, 3.05) is 7.11 Å². The number of hydrogen-bond donors (Lipinski definition) is 1. The Morgan fingerprint density at radius 2 is 2.00 bits per heavy atom. The Balaban J connectivity index is 2.09. The quantitative estimate of drug-likeness (QED) is 0.869. The summed E-state index contributed by atoms with van der Waals surface area (Å²) < 4.78 is 10.4. The second-order valence-corrected chi connectivity index (χ2v) is 4.43. The van der Waals surface area contributed by atoms with E-state index in [4.69, 9.17) is 4.74 Å². The summed E-state index contributed by atoms with van der Waals surface area (Å²) in [5, 5.41) is 9.34. The number of carbonyl (C=O) groups is 1. The van der Waals surface area contributed by atoms with E-state index in [9.17, 15) is 9.90 Å². The highest BCUT2D eigenvalue weighted by molar-refractivity contribution is 5.89. The van der Waals surface area contributed by atoms with E-state index in [0.717, 1.165) is 11.1 Å². The lowest BCUT2D eigenvalue weighted by atomic mass is 10.1. The third-order valence-corrected chi connectivity index (χ3v) is 2.90. The van der Waals surface area contributed by atoms with Crippen molar-refractivity contribution in [3.63, 3.8) is 0 Å². The van der Waals surface area contributed by atoms with Gasteiger partial charge in [-0.1, -0.05) is 12.1 Å². The van der Waals surface area contributed by atoms with Gasteiger partial charge in [-0.05, 0) is 48.4 Å². The number of phenolic OH excluding ortho intramolecular Hbond substituents is 1. The number of hydrogen-bond acceptors (Lipinski definition) is 4. The first-order valence-corrected chi connectivity index (χ1v) is 6.20. The van der Waals surface area contributed by atoms with Gasteiger partial charge in [-0.15, -0.1) is 0 Å². The fourth-order valence-corrected chi connectivity index (χ4v) is 1.86. The molecular formula is C16H16O4. The lowest BCUT2D eigenvalue weighted by Crippen LogP contribution is -2.03. The summed E-state index contributed by atoms with van der Waals surface area (Å²) in [6, 6.07) is 12.0. The molecule has 0 spiro atoms. The van der Waals surface area contributed by atoms with Crippen molar-refractivity contribution in [2.45, 2.75) is 13.5 Å². The minimum Gasteiger partial charge on any atom is -0.508 e. The molecule has 104 valence electrons. The van der Waals surface area contributed by atoms with Crippen LogP contribution in [0.5, 0.6) is 11.5 Å². The van der Waals surface area contributed by atoms with Crippen LogP contribution < -0.4 is 4.74 Å². The Labute approximate surface area is 117 Å². The van der Waals surface area contributed by atoms with Gasteiger partial charge in [0, 0.05) is 0 Å². The second-order valence-electron chi connectivity index (χ2n) is 4.43. The van der Waals surface area contributed by atoms with Gasteiger partial charge in [0.25, 0.3) is 0 Å². The molecule has 2 aromatic carbocycles.